The van der Waals surface area contributed by atoms with E-state index in [2.05, 4.69) is 29.3 Å². The Bertz CT molecular complexity index is 654. The van der Waals surface area contributed by atoms with E-state index in [1.807, 2.05) is 62.6 Å². The van der Waals surface area contributed by atoms with Crippen molar-refractivity contribution in [1.29, 1.82) is 0 Å². The van der Waals surface area contributed by atoms with E-state index < -0.39 is 5.54 Å². The average molecular weight is 367 g/mol. The number of hydrogen-bond donors (Lipinski definition) is 1. The summed E-state index contributed by atoms with van der Waals surface area (Å²) in [5.41, 5.74) is 1.48. The number of hydrogen-bond acceptors (Lipinski definition) is 3. The Morgan fingerprint density at radius 1 is 0.926 bits per heavy atom. The van der Waals surface area contributed by atoms with Crippen LogP contribution in [0.2, 0.25) is 0 Å². The molecule has 0 saturated carbocycles. The number of nitrogens with one attached hydrogen (secondary N) is 1. The summed E-state index contributed by atoms with van der Waals surface area (Å²) >= 11 is 0. The molecule has 0 spiro atoms. The Morgan fingerprint density at radius 2 is 1.48 bits per heavy atom. The number of benzene rings is 2. The maximum absolute atomic E-state index is 13.1. The summed E-state index contributed by atoms with van der Waals surface area (Å²) in [5, 5.41) is 3.28. The van der Waals surface area contributed by atoms with Gasteiger partial charge in [-0.3, -0.25) is 9.69 Å². The smallest absolute Gasteiger partial charge is 0.183 e. The molecule has 0 radical (unpaired) electrons. The first kappa shape index (κ1) is 21.3. The second-order valence-electron chi connectivity index (χ2n) is 7.45. The molecule has 1 atom stereocenters. The van der Waals surface area contributed by atoms with Gasteiger partial charge in [0.2, 0.25) is 0 Å². The average Bonchev–Trinajstić information content (AvgIpc) is 2.74. The molecule has 1 saturated heterocycles. The quantitative estimate of drug-likeness (QED) is 0.760. The minimum atomic E-state index is -0.497. The summed E-state index contributed by atoms with van der Waals surface area (Å²) in [6, 6.07) is 19.8. The molecule has 0 bridgehead atoms. The van der Waals surface area contributed by atoms with Crippen LogP contribution < -0.4 is 5.32 Å². The van der Waals surface area contributed by atoms with Crippen molar-refractivity contribution >= 4 is 5.78 Å². The van der Waals surface area contributed by atoms with Crippen molar-refractivity contribution in [2.75, 3.05) is 27.2 Å². The van der Waals surface area contributed by atoms with E-state index in [1.165, 1.54) is 37.9 Å². The third kappa shape index (κ3) is 6.02. The lowest BCUT2D eigenvalue weighted by Gasteiger charge is -2.38. The van der Waals surface area contributed by atoms with Crippen molar-refractivity contribution in [2.45, 2.75) is 44.6 Å². The van der Waals surface area contributed by atoms with Gasteiger partial charge in [-0.25, -0.2) is 0 Å². The molecule has 0 aromatic heterocycles. The van der Waals surface area contributed by atoms with E-state index in [1.54, 1.807) is 0 Å². The highest BCUT2D eigenvalue weighted by molar-refractivity contribution is 6.03. The lowest BCUT2D eigenvalue weighted by molar-refractivity contribution is 0.0666. The van der Waals surface area contributed by atoms with E-state index in [0.717, 1.165) is 18.4 Å². The highest BCUT2D eigenvalue weighted by Crippen LogP contribution is 2.27. The summed E-state index contributed by atoms with van der Waals surface area (Å²) in [6.45, 7) is 4.59. The van der Waals surface area contributed by atoms with Crippen LogP contribution >= 0.6 is 0 Å². The van der Waals surface area contributed by atoms with Crippen LogP contribution in [-0.2, 0) is 6.42 Å². The molecule has 3 rings (SSSR count). The molecule has 3 nitrogen and oxygen atoms in total. The number of likely N-dealkylation sites (N-methyl/N-ethyl adjacent to an activating group) is 1. The third-order valence-corrected chi connectivity index (χ3v) is 5.45. The topological polar surface area (TPSA) is 32.3 Å². The van der Waals surface area contributed by atoms with E-state index in [9.17, 15) is 4.79 Å². The Kier molecular flexibility index (Phi) is 8.70. The van der Waals surface area contributed by atoms with Gasteiger partial charge in [-0.05, 0) is 58.4 Å². The van der Waals surface area contributed by atoms with Crippen LogP contribution in [-0.4, -0.2) is 43.4 Å². The Morgan fingerprint density at radius 3 is 1.89 bits per heavy atom. The van der Waals surface area contributed by atoms with Crippen LogP contribution in [0, 0.1) is 0 Å². The van der Waals surface area contributed by atoms with Gasteiger partial charge >= 0.3 is 0 Å². The summed E-state index contributed by atoms with van der Waals surface area (Å²) in [4.78, 5) is 15.2. The fourth-order valence-corrected chi connectivity index (χ4v) is 3.64. The van der Waals surface area contributed by atoms with Gasteiger partial charge in [0.15, 0.2) is 5.78 Å². The van der Waals surface area contributed by atoms with Gasteiger partial charge in [-0.15, -0.1) is 0 Å². The molecule has 1 aliphatic rings. The van der Waals surface area contributed by atoms with Crippen LogP contribution in [0.25, 0.3) is 0 Å². The van der Waals surface area contributed by atoms with Gasteiger partial charge in [0.05, 0.1) is 5.54 Å². The van der Waals surface area contributed by atoms with Crippen molar-refractivity contribution < 1.29 is 4.79 Å². The Labute approximate surface area is 164 Å². The number of carbonyl (C=O) groups is 1. The lowest BCUT2D eigenvalue weighted by Crippen LogP contribution is -2.52. The normalized spacial score (nSPS) is 16.1. The highest BCUT2D eigenvalue weighted by Gasteiger charge is 2.39. The van der Waals surface area contributed by atoms with E-state index in [4.69, 9.17) is 0 Å². The van der Waals surface area contributed by atoms with Crippen molar-refractivity contribution in [1.82, 2.24) is 10.2 Å². The Balaban J connectivity index is 0.000000369. The van der Waals surface area contributed by atoms with E-state index >= 15 is 0 Å². The minimum Gasteiger partial charge on any atom is -0.317 e. The van der Waals surface area contributed by atoms with Crippen molar-refractivity contribution in [3.63, 3.8) is 0 Å². The fourth-order valence-electron chi connectivity index (χ4n) is 3.64. The molecule has 1 unspecified atom stereocenters. The van der Waals surface area contributed by atoms with Crippen LogP contribution in [0.3, 0.4) is 0 Å². The van der Waals surface area contributed by atoms with Gasteiger partial charge in [0.1, 0.15) is 0 Å². The second kappa shape index (κ2) is 11.0. The first-order chi connectivity index (χ1) is 13.1. The molecule has 1 fully saturated rings. The zero-order valence-corrected chi connectivity index (χ0v) is 17.1. The SMILES string of the molecule is C1CCNCC1.CCC(Cc1ccccc1)(C(=O)c1ccccc1)N(C)C. The molecule has 0 aliphatic carbocycles. The van der Waals surface area contributed by atoms with Crippen LogP contribution in [0.1, 0.15) is 48.5 Å². The van der Waals surface area contributed by atoms with Gasteiger partial charge in [-0.2, -0.15) is 0 Å². The molecule has 27 heavy (non-hydrogen) atoms. The molecule has 2 aromatic rings. The molecule has 146 valence electrons. The first-order valence-corrected chi connectivity index (χ1v) is 10.1. The third-order valence-electron chi connectivity index (χ3n) is 5.45. The standard InChI is InChI=1S/C19H23NO.C5H11N/c1-4-19(20(2)3,15-16-11-7-5-8-12-16)18(21)17-13-9-6-10-14-17;1-2-4-6-5-3-1/h5-14H,4,15H2,1-3H3;6H,1-5H2. The summed E-state index contributed by atoms with van der Waals surface area (Å²) in [6.07, 6.45) is 5.72. The predicted octanol–water partition coefficient (Wildman–Crippen LogP) is 4.58. The maximum atomic E-state index is 13.1. The second-order valence-corrected chi connectivity index (χ2v) is 7.45. The first-order valence-electron chi connectivity index (χ1n) is 10.1. The number of nitrogens with zero attached hydrogens (tertiary/aromatic N) is 1. The highest BCUT2D eigenvalue weighted by atomic mass is 16.1. The number of rotatable bonds is 6. The van der Waals surface area contributed by atoms with Gasteiger partial charge in [0, 0.05) is 5.56 Å². The zero-order chi connectivity index (χ0) is 19.5. The summed E-state index contributed by atoms with van der Waals surface area (Å²) < 4.78 is 0. The predicted molar refractivity (Wildman–Crippen MR) is 114 cm³/mol. The van der Waals surface area contributed by atoms with Crippen molar-refractivity contribution in [2.24, 2.45) is 0 Å². The lowest BCUT2D eigenvalue weighted by atomic mass is 9.80. The van der Waals surface area contributed by atoms with Crippen molar-refractivity contribution in [3.05, 3.63) is 71.8 Å². The van der Waals surface area contributed by atoms with Crippen LogP contribution in [0.5, 0.6) is 0 Å². The van der Waals surface area contributed by atoms with Gasteiger partial charge in [0.25, 0.3) is 0 Å². The number of carbonyl (C=O) groups excluding carboxylic acids is 1. The number of piperidine rings is 1. The zero-order valence-electron chi connectivity index (χ0n) is 17.1. The van der Waals surface area contributed by atoms with Crippen molar-refractivity contribution in [3.8, 4) is 0 Å². The molecule has 1 heterocycles. The molecule has 1 N–H and O–H groups in total. The number of Topliss-reactive ketones (excluding diaryl/α,β-unsaturated/α-hetero) is 1. The van der Waals surface area contributed by atoms with Crippen LogP contribution in [0.4, 0.5) is 0 Å². The summed E-state index contributed by atoms with van der Waals surface area (Å²) in [7, 11) is 3.99. The largest absolute Gasteiger partial charge is 0.317 e. The minimum absolute atomic E-state index is 0.194. The van der Waals surface area contributed by atoms with Gasteiger partial charge < -0.3 is 5.32 Å². The molecule has 1 aliphatic heterocycles. The summed E-state index contributed by atoms with van der Waals surface area (Å²) in [5.74, 6) is 0.194. The molecular weight excluding hydrogens is 332 g/mol. The monoisotopic (exact) mass is 366 g/mol. The van der Waals surface area contributed by atoms with E-state index in [-0.39, 0.29) is 5.78 Å². The molecule has 2 aromatic carbocycles. The van der Waals surface area contributed by atoms with E-state index in [0.29, 0.717) is 0 Å². The molecule has 0 amide bonds. The number of ketones is 1. The molecular formula is C24H34N2O. The Hall–Kier alpha value is -1.97. The van der Waals surface area contributed by atoms with Gasteiger partial charge in [-0.1, -0.05) is 74.0 Å². The maximum Gasteiger partial charge on any atom is 0.183 e. The molecule has 3 heteroatoms. The fraction of sp³-hybridized carbons (Fsp3) is 0.458. The van der Waals surface area contributed by atoms with Crippen LogP contribution in [0.15, 0.2) is 60.7 Å².